The smallest absolute Gasteiger partial charge is 0.404 e. The maximum Gasteiger partial charge on any atom is 0.433 e. The second-order valence-electron chi connectivity index (χ2n) is 5.89. The fourth-order valence-corrected chi connectivity index (χ4v) is 2.84. The van der Waals surface area contributed by atoms with E-state index < -0.39 is 4.92 Å². The molecule has 0 saturated carbocycles. The Hall–Kier alpha value is -2.87. The maximum absolute atomic E-state index is 12.5. The van der Waals surface area contributed by atoms with Crippen molar-refractivity contribution in [3.63, 3.8) is 0 Å². The summed E-state index contributed by atoms with van der Waals surface area (Å²) >= 11 is 0. The third-order valence-corrected chi connectivity index (χ3v) is 4.29. The standard InChI is InChI=1S/C17H20N4O4/c1-18-14-4-2-13(3-5-14)17(22)20-10-8-19(9-11-20)12-15-6-7-16(25-15)21(23)24/h2-7,18H,8-12H2,1H3. The Morgan fingerprint density at radius 2 is 1.84 bits per heavy atom. The summed E-state index contributed by atoms with van der Waals surface area (Å²) in [5, 5.41) is 13.7. The van der Waals surface area contributed by atoms with E-state index in [0.717, 1.165) is 5.69 Å². The van der Waals surface area contributed by atoms with Gasteiger partial charge in [0.1, 0.15) is 10.7 Å². The molecule has 8 nitrogen and oxygen atoms in total. The molecule has 1 aliphatic heterocycles. The first kappa shape index (κ1) is 17.0. The van der Waals surface area contributed by atoms with Crippen molar-refractivity contribution in [2.24, 2.45) is 0 Å². The molecule has 0 atom stereocenters. The van der Waals surface area contributed by atoms with Crippen LogP contribution in [-0.4, -0.2) is 53.9 Å². The fourth-order valence-electron chi connectivity index (χ4n) is 2.84. The molecular formula is C17H20N4O4. The number of hydrogen-bond acceptors (Lipinski definition) is 6. The van der Waals surface area contributed by atoms with E-state index in [1.165, 1.54) is 6.07 Å². The molecule has 1 aromatic carbocycles. The molecule has 132 valence electrons. The zero-order valence-electron chi connectivity index (χ0n) is 14.0. The van der Waals surface area contributed by atoms with Gasteiger partial charge in [0.05, 0.1) is 12.6 Å². The molecular weight excluding hydrogens is 324 g/mol. The van der Waals surface area contributed by atoms with Gasteiger partial charge in [0.15, 0.2) is 0 Å². The van der Waals surface area contributed by atoms with Gasteiger partial charge in [-0.2, -0.15) is 0 Å². The topological polar surface area (TPSA) is 91.9 Å². The van der Waals surface area contributed by atoms with Crippen molar-refractivity contribution < 1.29 is 14.1 Å². The lowest BCUT2D eigenvalue weighted by Crippen LogP contribution is -2.48. The quantitative estimate of drug-likeness (QED) is 0.660. The van der Waals surface area contributed by atoms with E-state index in [9.17, 15) is 14.9 Å². The van der Waals surface area contributed by atoms with Crippen molar-refractivity contribution in [2.45, 2.75) is 6.54 Å². The predicted octanol–water partition coefficient (Wildman–Crippen LogP) is 2.19. The van der Waals surface area contributed by atoms with Crippen molar-refractivity contribution in [1.82, 2.24) is 9.80 Å². The minimum atomic E-state index is -0.542. The van der Waals surface area contributed by atoms with Crippen LogP contribution in [0, 0.1) is 10.1 Å². The molecule has 25 heavy (non-hydrogen) atoms. The number of nitro groups is 1. The minimum absolute atomic E-state index is 0.0240. The van der Waals surface area contributed by atoms with Gasteiger partial charge >= 0.3 is 5.88 Å². The van der Waals surface area contributed by atoms with Crippen LogP contribution < -0.4 is 5.32 Å². The highest BCUT2D eigenvalue weighted by molar-refractivity contribution is 5.94. The van der Waals surface area contributed by atoms with Crippen molar-refractivity contribution in [2.75, 3.05) is 38.5 Å². The van der Waals surface area contributed by atoms with Crippen LogP contribution in [0.3, 0.4) is 0 Å². The maximum atomic E-state index is 12.5. The van der Waals surface area contributed by atoms with E-state index in [1.54, 1.807) is 6.07 Å². The van der Waals surface area contributed by atoms with Crippen molar-refractivity contribution in [3.05, 3.63) is 57.8 Å². The van der Waals surface area contributed by atoms with E-state index >= 15 is 0 Å². The molecule has 3 rings (SSSR count). The summed E-state index contributed by atoms with van der Waals surface area (Å²) in [6.07, 6.45) is 0. The van der Waals surface area contributed by atoms with Gasteiger partial charge in [-0.25, -0.2) is 0 Å². The number of rotatable bonds is 5. The Bertz CT molecular complexity index is 748. The molecule has 1 fully saturated rings. The lowest BCUT2D eigenvalue weighted by molar-refractivity contribution is -0.402. The number of piperazine rings is 1. The molecule has 0 spiro atoms. The first-order valence-electron chi connectivity index (χ1n) is 8.09. The van der Waals surface area contributed by atoms with Gasteiger partial charge in [-0.05, 0) is 30.3 Å². The third kappa shape index (κ3) is 3.97. The van der Waals surface area contributed by atoms with Crippen molar-refractivity contribution in [1.29, 1.82) is 0 Å². The SMILES string of the molecule is CNc1ccc(C(=O)N2CCN(Cc3ccc([N+](=O)[O-])o3)CC2)cc1. The van der Waals surface area contributed by atoms with Gasteiger partial charge in [-0.15, -0.1) is 0 Å². The van der Waals surface area contributed by atoms with Gasteiger partial charge in [0, 0.05) is 44.5 Å². The van der Waals surface area contributed by atoms with E-state index in [-0.39, 0.29) is 11.8 Å². The molecule has 2 heterocycles. The first-order chi connectivity index (χ1) is 12.1. The van der Waals surface area contributed by atoms with Gasteiger partial charge in [0.2, 0.25) is 0 Å². The number of carbonyl (C=O) groups is 1. The Morgan fingerprint density at radius 1 is 1.16 bits per heavy atom. The van der Waals surface area contributed by atoms with Gasteiger partial charge in [-0.3, -0.25) is 19.8 Å². The highest BCUT2D eigenvalue weighted by Crippen LogP contribution is 2.18. The summed E-state index contributed by atoms with van der Waals surface area (Å²) in [4.78, 5) is 26.6. The highest BCUT2D eigenvalue weighted by atomic mass is 16.6. The lowest BCUT2D eigenvalue weighted by atomic mass is 10.1. The van der Waals surface area contributed by atoms with Gasteiger partial charge in [-0.1, -0.05) is 0 Å². The van der Waals surface area contributed by atoms with E-state index in [0.29, 0.717) is 44.0 Å². The molecule has 1 amide bonds. The van der Waals surface area contributed by atoms with Gasteiger partial charge in [0.25, 0.3) is 5.91 Å². The number of nitrogens with one attached hydrogen (secondary N) is 1. The number of benzene rings is 1. The summed E-state index contributed by atoms with van der Waals surface area (Å²) in [6.45, 7) is 3.15. The molecule has 0 bridgehead atoms. The largest absolute Gasteiger partial charge is 0.433 e. The summed E-state index contributed by atoms with van der Waals surface area (Å²) in [7, 11) is 1.84. The second kappa shape index (κ2) is 7.35. The zero-order chi connectivity index (χ0) is 17.8. The highest BCUT2D eigenvalue weighted by Gasteiger charge is 2.23. The molecule has 2 aromatic rings. The Balaban J connectivity index is 1.53. The van der Waals surface area contributed by atoms with E-state index in [2.05, 4.69) is 10.2 Å². The van der Waals surface area contributed by atoms with Crippen LogP contribution in [0.2, 0.25) is 0 Å². The molecule has 1 saturated heterocycles. The Morgan fingerprint density at radius 3 is 2.40 bits per heavy atom. The van der Waals surface area contributed by atoms with Crippen LogP contribution >= 0.6 is 0 Å². The Labute approximate surface area is 145 Å². The molecule has 1 aromatic heterocycles. The summed E-state index contributed by atoms with van der Waals surface area (Å²) in [6, 6.07) is 10.4. The van der Waals surface area contributed by atoms with E-state index in [4.69, 9.17) is 4.42 Å². The normalized spacial score (nSPS) is 15.2. The monoisotopic (exact) mass is 344 g/mol. The van der Waals surface area contributed by atoms with Crippen LogP contribution in [0.1, 0.15) is 16.1 Å². The number of hydrogen-bond donors (Lipinski definition) is 1. The van der Waals surface area contributed by atoms with Crippen LogP contribution in [-0.2, 0) is 6.54 Å². The third-order valence-electron chi connectivity index (χ3n) is 4.29. The number of carbonyl (C=O) groups excluding carboxylic acids is 1. The Kier molecular flexibility index (Phi) is 4.99. The average Bonchev–Trinajstić information content (AvgIpc) is 3.11. The number of furan rings is 1. The predicted molar refractivity (Wildman–Crippen MR) is 92.5 cm³/mol. The minimum Gasteiger partial charge on any atom is -0.404 e. The molecule has 0 radical (unpaired) electrons. The first-order valence-corrected chi connectivity index (χ1v) is 8.09. The zero-order valence-corrected chi connectivity index (χ0v) is 14.0. The average molecular weight is 344 g/mol. The number of anilines is 1. The second-order valence-corrected chi connectivity index (χ2v) is 5.89. The van der Waals surface area contributed by atoms with Crippen LogP contribution in [0.4, 0.5) is 11.6 Å². The molecule has 1 N–H and O–H groups in total. The van der Waals surface area contributed by atoms with Crippen LogP contribution in [0.15, 0.2) is 40.8 Å². The van der Waals surface area contributed by atoms with Crippen molar-refractivity contribution >= 4 is 17.5 Å². The van der Waals surface area contributed by atoms with Crippen LogP contribution in [0.5, 0.6) is 0 Å². The number of nitrogens with zero attached hydrogens (tertiary/aromatic N) is 3. The van der Waals surface area contributed by atoms with E-state index in [1.807, 2.05) is 36.2 Å². The lowest BCUT2D eigenvalue weighted by Gasteiger charge is -2.34. The van der Waals surface area contributed by atoms with Crippen molar-refractivity contribution in [3.8, 4) is 0 Å². The number of amides is 1. The molecule has 0 aliphatic carbocycles. The molecule has 1 aliphatic rings. The van der Waals surface area contributed by atoms with Gasteiger partial charge < -0.3 is 14.6 Å². The summed E-state index contributed by atoms with van der Waals surface area (Å²) in [5.74, 6) is 0.346. The summed E-state index contributed by atoms with van der Waals surface area (Å²) in [5.41, 5.74) is 1.64. The molecule has 8 heteroatoms. The van der Waals surface area contributed by atoms with Crippen LogP contribution in [0.25, 0.3) is 0 Å². The summed E-state index contributed by atoms with van der Waals surface area (Å²) < 4.78 is 5.19. The molecule has 0 unspecified atom stereocenters. The fraction of sp³-hybridized carbons (Fsp3) is 0.353.